The standard InChI is InChI=1S/C25H31N5O4S2/c1-19-23(36(33,34)30-10-6-3-7-11-30)22-24(35-19)26-18-29(25(22)32)17-21(31)28-14-12-27(13-15-28)16-20-8-4-2-5-9-20/h2,4-5,8-9,18H,3,6-7,10-17H2,1H3. The zero-order chi connectivity index (χ0) is 25.3. The van der Waals surface area contributed by atoms with Gasteiger partial charge in [0.15, 0.2) is 0 Å². The minimum Gasteiger partial charge on any atom is -0.339 e. The Balaban J connectivity index is 1.32. The zero-order valence-electron chi connectivity index (χ0n) is 20.4. The van der Waals surface area contributed by atoms with E-state index in [4.69, 9.17) is 0 Å². The molecule has 11 heteroatoms. The minimum atomic E-state index is -3.81. The van der Waals surface area contributed by atoms with Gasteiger partial charge in [-0.2, -0.15) is 4.31 Å². The topological polar surface area (TPSA) is 95.8 Å². The van der Waals surface area contributed by atoms with E-state index < -0.39 is 15.6 Å². The lowest BCUT2D eigenvalue weighted by atomic mass is 10.2. The zero-order valence-corrected chi connectivity index (χ0v) is 22.1. The molecule has 192 valence electrons. The molecule has 36 heavy (non-hydrogen) atoms. The normalized spacial score (nSPS) is 18.1. The third-order valence-electron chi connectivity index (χ3n) is 6.99. The van der Waals surface area contributed by atoms with Crippen molar-refractivity contribution in [3.8, 4) is 0 Å². The number of benzene rings is 1. The predicted molar refractivity (Wildman–Crippen MR) is 140 cm³/mol. The second-order valence-electron chi connectivity index (χ2n) is 9.45. The summed E-state index contributed by atoms with van der Waals surface area (Å²) in [6.07, 6.45) is 4.00. The van der Waals surface area contributed by atoms with Crippen LogP contribution in [0.5, 0.6) is 0 Å². The van der Waals surface area contributed by atoms with Gasteiger partial charge in [-0.1, -0.05) is 36.8 Å². The van der Waals surface area contributed by atoms with Crippen molar-refractivity contribution >= 4 is 37.5 Å². The van der Waals surface area contributed by atoms with Crippen molar-refractivity contribution < 1.29 is 13.2 Å². The van der Waals surface area contributed by atoms with Gasteiger partial charge in [0.2, 0.25) is 15.9 Å². The maximum absolute atomic E-state index is 13.5. The summed E-state index contributed by atoms with van der Waals surface area (Å²) in [5.41, 5.74) is 0.764. The highest BCUT2D eigenvalue weighted by Gasteiger charge is 2.32. The van der Waals surface area contributed by atoms with Crippen LogP contribution in [0.2, 0.25) is 0 Å². The maximum atomic E-state index is 13.5. The van der Waals surface area contributed by atoms with Gasteiger partial charge in [-0.15, -0.1) is 11.3 Å². The Morgan fingerprint density at radius 1 is 1.00 bits per heavy atom. The number of rotatable bonds is 6. The molecule has 5 rings (SSSR count). The number of thiophene rings is 1. The summed E-state index contributed by atoms with van der Waals surface area (Å²) in [4.78, 5) is 35.9. The summed E-state index contributed by atoms with van der Waals surface area (Å²) in [5, 5.41) is 0.103. The molecule has 4 heterocycles. The van der Waals surface area contributed by atoms with Crippen LogP contribution in [-0.4, -0.2) is 77.2 Å². The first-order valence-electron chi connectivity index (χ1n) is 12.4. The molecule has 2 aliphatic rings. The quantitative estimate of drug-likeness (QED) is 0.486. The summed E-state index contributed by atoms with van der Waals surface area (Å²) in [5.74, 6) is -0.162. The number of sulfonamides is 1. The number of nitrogens with zero attached hydrogens (tertiary/aromatic N) is 5. The number of amides is 1. The van der Waals surface area contributed by atoms with Gasteiger partial charge in [0.25, 0.3) is 5.56 Å². The largest absolute Gasteiger partial charge is 0.339 e. The SMILES string of the molecule is Cc1sc2ncn(CC(=O)N3CCN(Cc4ccccc4)CC3)c(=O)c2c1S(=O)(=O)N1CCCCC1. The molecule has 2 aliphatic heterocycles. The van der Waals surface area contributed by atoms with Crippen molar-refractivity contribution in [3.05, 3.63) is 57.5 Å². The maximum Gasteiger partial charge on any atom is 0.263 e. The fourth-order valence-electron chi connectivity index (χ4n) is 5.01. The van der Waals surface area contributed by atoms with Crippen LogP contribution in [0.25, 0.3) is 10.2 Å². The molecule has 0 unspecified atom stereocenters. The first kappa shape index (κ1) is 25.1. The fraction of sp³-hybridized carbons (Fsp3) is 0.480. The number of fused-ring (bicyclic) bond motifs is 1. The molecule has 2 saturated heterocycles. The third-order valence-corrected chi connectivity index (χ3v) is 10.2. The number of carbonyl (C=O) groups excluding carboxylic acids is 1. The second-order valence-corrected chi connectivity index (χ2v) is 12.5. The van der Waals surface area contributed by atoms with Crippen LogP contribution in [0.15, 0.2) is 46.3 Å². The minimum absolute atomic E-state index is 0.0539. The second kappa shape index (κ2) is 10.4. The van der Waals surface area contributed by atoms with Gasteiger partial charge in [0.05, 0.1) is 11.7 Å². The predicted octanol–water partition coefficient (Wildman–Crippen LogP) is 2.29. The molecule has 2 fully saturated rings. The smallest absolute Gasteiger partial charge is 0.263 e. The molecule has 0 atom stereocenters. The van der Waals surface area contributed by atoms with E-state index >= 15 is 0 Å². The molecular weight excluding hydrogens is 498 g/mol. The molecular formula is C25H31N5O4S2. The van der Waals surface area contributed by atoms with E-state index in [1.165, 1.54) is 32.1 Å². The van der Waals surface area contributed by atoms with Crippen molar-refractivity contribution in [2.75, 3.05) is 39.3 Å². The molecule has 0 saturated carbocycles. The van der Waals surface area contributed by atoms with Gasteiger partial charge in [0, 0.05) is 50.7 Å². The summed E-state index contributed by atoms with van der Waals surface area (Å²) < 4.78 is 29.6. The number of hydrogen-bond donors (Lipinski definition) is 0. The van der Waals surface area contributed by atoms with Crippen LogP contribution in [0.1, 0.15) is 29.7 Å². The summed E-state index contributed by atoms with van der Waals surface area (Å²) in [7, 11) is -3.81. The Morgan fingerprint density at radius 3 is 2.39 bits per heavy atom. The lowest BCUT2D eigenvalue weighted by Gasteiger charge is -2.34. The van der Waals surface area contributed by atoms with Crippen molar-refractivity contribution in [2.45, 2.75) is 44.2 Å². The van der Waals surface area contributed by atoms with E-state index in [0.29, 0.717) is 35.9 Å². The number of piperidine rings is 1. The third kappa shape index (κ3) is 4.97. The number of aromatic nitrogens is 2. The summed E-state index contributed by atoms with van der Waals surface area (Å²) >= 11 is 1.21. The van der Waals surface area contributed by atoms with Gasteiger partial charge in [0.1, 0.15) is 16.3 Å². The van der Waals surface area contributed by atoms with Gasteiger partial charge in [-0.25, -0.2) is 13.4 Å². The number of hydrogen-bond acceptors (Lipinski definition) is 7. The first-order chi connectivity index (χ1) is 17.3. The number of aryl methyl sites for hydroxylation is 1. The van der Waals surface area contributed by atoms with Gasteiger partial charge < -0.3 is 4.90 Å². The van der Waals surface area contributed by atoms with Crippen LogP contribution in [0.4, 0.5) is 0 Å². The van der Waals surface area contributed by atoms with Crippen molar-refractivity contribution in [3.63, 3.8) is 0 Å². The highest BCUT2D eigenvalue weighted by atomic mass is 32.2. The Kier molecular flexibility index (Phi) is 7.25. The molecule has 1 aromatic carbocycles. The Morgan fingerprint density at radius 2 is 1.69 bits per heavy atom. The Hall–Kier alpha value is -2.60. The molecule has 1 amide bonds. The molecule has 0 bridgehead atoms. The van der Waals surface area contributed by atoms with E-state index in [9.17, 15) is 18.0 Å². The Bertz CT molecular complexity index is 1400. The highest BCUT2D eigenvalue weighted by Crippen LogP contribution is 2.33. The average Bonchev–Trinajstić information content (AvgIpc) is 3.24. The highest BCUT2D eigenvalue weighted by molar-refractivity contribution is 7.89. The number of piperazine rings is 1. The number of carbonyl (C=O) groups is 1. The molecule has 3 aromatic rings. The molecule has 0 aliphatic carbocycles. The van der Waals surface area contributed by atoms with Gasteiger partial charge in [-0.3, -0.25) is 19.1 Å². The average molecular weight is 530 g/mol. The van der Waals surface area contributed by atoms with E-state index in [0.717, 1.165) is 38.9 Å². The van der Waals surface area contributed by atoms with Gasteiger partial charge in [-0.05, 0) is 25.3 Å². The van der Waals surface area contributed by atoms with E-state index in [2.05, 4.69) is 22.0 Å². The van der Waals surface area contributed by atoms with Crippen molar-refractivity contribution in [1.82, 2.24) is 23.7 Å². The van der Waals surface area contributed by atoms with Gasteiger partial charge >= 0.3 is 0 Å². The lowest BCUT2D eigenvalue weighted by Crippen LogP contribution is -2.49. The van der Waals surface area contributed by atoms with E-state index in [1.54, 1.807) is 11.8 Å². The van der Waals surface area contributed by atoms with E-state index in [-0.39, 0.29) is 22.7 Å². The lowest BCUT2D eigenvalue weighted by molar-refractivity contribution is -0.133. The first-order valence-corrected chi connectivity index (χ1v) is 14.6. The van der Waals surface area contributed by atoms with Crippen LogP contribution in [0.3, 0.4) is 0 Å². The monoisotopic (exact) mass is 529 g/mol. The summed E-state index contributed by atoms with van der Waals surface area (Å²) in [6.45, 7) is 6.01. The van der Waals surface area contributed by atoms with Crippen LogP contribution in [-0.2, 0) is 27.9 Å². The van der Waals surface area contributed by atoms with Crippen molar-refractivity contribution in [2.24, 2.45) is 0 Å². The molecule has 0 N–H and O–H groups in total. The van der Waals surface area contributed by atoms with Crippen LogP contribution in [0, 0.1) is 6.92 Å². The van der Waals surface area contributed by atoms with Crippen LogP contribution >= 0.6 is 11.3 Å². The van der Waals surface area contributed by atoms with Crippen molar-refractivity contribution in [1.29, 1.82) is 0 Å². The van der Waals surface area contributed by atoms with Crippen LogP contribution < -0.4 is 5.56 Å². The molecule has 2 aromatic heterocycles. The fourth-order valence-corrected chi connectivity index (χ4v) is 8.20. The molecule has 0 radical (unpaired) electrons. The summed E-state index contributed by atoms with van der Waals surface area (Å²) in [6, 6.07) is 10.2. The molecule has 0 spiro atoms. The van der Waals surface area contributed by atoms with E-state index in [1.807, 2.05) is 18.2 Å². The Labute approximate surface area is 215 Å². The molecule has 9 nitrogen and oxygen atoms in total.